The highest BCUT2D eigenvalue weighted by atomic mass is 19.1. The zero-order valence-corrected chi connectivity index (χ0v) is 10.1. The van der Waals surface area contributed by atoms with E-state index in [2.05, 4.69) is 5.32 Å². The third-order valence-electron chi connectivity index (χ3n) is 2.28. The van der Waals surface area contributed by atoms with Gasteiger partial charge in [-0.1, -0.05) is 12.1 Å². The van der Waals surface area contributed by atoms with E-state index >= 15 is 0 Å². The summed E-state index contributed by atoms with van der Waals surface area (Å²) >= 11 is 0. The van der Waals surface area contributed by atoms with Crippen LogP contribution >= 0.6 is 0 Å². The minimum Gasteiger partial charge on any atom is -0.347 e. The Balaban J connectivity index is 2.57. The van der Waals surface area contributed by atoms with Gasteiger partial charge in [-0.05, 0) is 17.7 Å². The van der Waals surface area contributed by atoms with Crippen LogP contribution in [0.1, 0.15) is 5.56 Å². The molecule has 0 spiro atoms. The van der Waals surface area contributed by atoms with Crippen molar-refractivity contribution in [3.63, 3.8) is 0 Å². The average molecular weight is 253 g/mol. The minimum atomic E-state index is -0.709. The van der Waals surface area contributed by atoms with Gasteiger partial charge in [0.1, 0.15) is 5.82 Å². The van der Waals surface area contributed by atoms with Crippen LogP contribution < -0.4 is 11.1 Å². The lowest BCUT2D eigenvalue weighted by Crippen LogP contribution is -2.42. The Kier molecular flexibility index (Phi) is 5.26. The van der Waals surface area contributed by atoms with Gasteiger partial charge < -0.3 is 16.0 Å². The zero-order valence-electron chi connectivity index (χ0n) is 10.1. The van der Waals surface area contributed by atoms with Gasteiger partial charge in [0.2, 0.25) is 0 Å². The van der Waals surface area contributed by atoms with E-state index in [-0.39, 0.29) is 25.5 Å². The van der Waals surface area contributed by atoms with Crippen molar-refractivity contribution < 1.29 is 14.0 Å². The molecular formula is C12H16FN3O2. The Morgan fingerprint density at radius 1 is 1.44 bits per heavy atom. The van der Waals surface area contributed by atoms with Gasteiger partial charge in [-0.15, -0.1) is 0 Å². The zero-order chi connectivity index (χ0) is 13.5. The van der Waals surface area contributed by atoms with Gasteiger partial charge in [0.05, 0.1) is 0 Å². The lowest BCUT2D eigenvalue weighted by Gasteiger charge is -2.16. The monoisotopic (exact) mass is 253 g/mol. The SMILES string of the molecule is CN(Cc1cccc(F)c1)C(=O)C(=O)NCCN. The van der Waals surface area contributed by atoms with Crippen molar-refractivity contribution in [3.8, 4) is 0 Å². The number of hydrogen-bond acceptors (Lipinski definition) is 3. The standard InChI is InChI=1S/C12H16FN3O2/c1-16(12(18)11(17)15-6-5-14)8-9-3-2-4-10(13)7-9/h2-4,7H,5-6,8,14H2,1H3,(H,15,17). The highest BCUT2D eigenvalue weighted by Gasteiger charge is 2.17. The number of rotatable bonds is 4. The van der Waals surface area contributed by atoms with E-state index in [9.17, 15) is 14.0 Å². The molecule has 0 bridgehead atoms. The maximum absolute atomic E-state index is 12.9. The van der Waals surface area contributed by atoms with Crippen molar-refractivity contribution in [3.05, 3.63) is 35.6 Å². The molecule has 0 aliphatic carbocycles. The summed E-state index contributed by atoms with van der Waals surface area (Å²) in [5.74, 6) is -1.76. The maximum Gasteiger partial charge on any atom is 0.311 e. The number of halogens is 1. The van der Waals surface area contributed by atoms with Crippen molar-refractivity contribution in [2.24, 2.45) is 5.73 Å². The van der Waals surface area contributed by atoms with Crippen LogP contribution in [-0.4, -0.2) is 36.9 Å². The Labute approximate surface area is 105 Å². The van der Waals surface area contributed by atoms with E-state index in [4.69, 9.17) is 5.73 Å². The van der Waals surface area contributed by atoms with Gasteiger partial charge in [-0.2, -0.15) is 0 Å². The van der Waals surface area contributed by atoms with Crippen LogP contribution in [0.2, 0.25) is 0 Å². The maximum atomic E-state index is 12.9. The molecular weight excluding hydrogens is 237 g/mol. The topological polar surface area (TPSA) is 75.4 Å². The Morgan fingerprint density at radius 3 is 2.78 bits per heavy atom. The molecule has 6 heteroatoms. The fourth-order valence-corrected chi connectivity index (χ4v) is 1.42. The first-order valence-electron chi connectivity index (χ1n) is 5.52. The van der Waals surface area contributed by atoms with Crippen LogP contribution in [0.25, 0.3) is 0 Å². The average Bonchev–Trinajstić information content (AvgIpc) is 2.35. The highest BCUT2D eigenvalue weighted by molar-refractivity contribution is 6.34. The van der Waals surface area contributed by atoms with Crippen molar-refractivity contribution in [2.45, 2.75) is 6.54 Å². The van der Waals surface area contributed by atoms with E-state index in [1.807, 2.05) is 0 Å². The summed E-state index contributed by atoms with van der Waals surface area (Å²) in [6.45, 7) is 0.692. The molecule has 0 aromatic heterocycles. The van der Waals surface area contributed by atoms with Gasteiger partial charge in [0.25, 0.3) is 0 Å². The molecule has 0 heterocycles. The largest absolute Gasteiger partial charge is 0.347 e. The highest BCUT2D eigenvalue weighted by Crippen LogP contribution is 2.06. The molecule has 0 radical (unpaired) electrons. The number of carbonyl (C=O) groups is 2. The first kappa shape index (κ1) is 14.1. The normalized spacial score (nSPS) is 9.94. The van der Waals surface area contributed by atoms with Crippen LogP contribution in [0.5, 0.6) is 0 Å². The predicted molar refractivity (Wildman–Crippen MR) is 64.9 cm³/mol. The van der Waals surface area contributed by atoms with E-state index in [0.717, 1.165) is 0 Å². The summed E-state index contributed by atoms with van der Waals surface area (Å²) in [6, 6.07) is 5.88. The molecule has 5 nitrogen and oxygen atoms in total. The number of hydrogen-bond donors (Lipinski definition) is 2. The summed E-state index contributed by atoms with van der Waals surface area (Å²) < 4.78 is 12.9. The van der Waals surface area contributed by atoms with Crippen LogP contribution in [0.4, 0.5) is 4.39 Å². The second kappa shape index (κ2) is 6.70. The van der Waals surface area contributed by atoms with E-state index < -0.39 is 11.8 Å². The summed E-state index contributed by atoms with van der Waals surface area (Å²) in [5.41, 5.74) is 5.83. The predicted octanol–water partition coefficient (Wildman–Crippen LogP) is -0.141. The molecule has 0 saturated carbocycles. The molecule has 3 N–H and O–H groups in total. The minimum absolute atomic E-state index is 0.173. The smallest absolute Gasteiger partial charge is 0.311 e. The van der Waals surface area contributed by atoms with Crippen molar-refractivity contribution in [1.82, 2.24) is 10.2 Å². The fraction of sp³-hybridized carbons (Fsp3) is 0.333. The third-order valence-corrected chi connectivity index (χ3v) is 2.28. The van der Waals surface area contributed by atoms with Gasteiger partial charge in [-0.3, -0.25) is 9.59 Å². The molecule has 1 aromatic carbocycles. The van der Waals surface area contributed by atoms with E-state index in [0.29, 0.717) is 5.56 Å². The van der Waals surface area contributed by atoms with Gasteiger partial charge in [0, 0.05) is 26.7 Å². The second-order valence-electron chi connectivity index (χ2n) is 3.84. The van der Waals surface area contributed by atoms with Crippen LogP contribution in [0.3, 0.4) is 0 Å². The Morgan fingerprint density at radius 2 is 2.17 bits per heavy atom. The van der Waals surface area contributed by atoms with E-state index in [1.54, 1.807) is 12.1 Å². The fourth-order valence-electron chi connectivity index (χ4n) is 1.42. The molecule has 1 aromatic rings. The number of likely N-dealkylation sites (N-methyl/N-ethyl adjacent to an activating group) is 1. The quantitative estimate of drug-likeness (QED) is 0.733. The molecule has 0 aliphatic rings. The number of nitrogens with one attached hydrogen (secondary N) is 1. The first-order chi connectivity index (χ1) is 8.54. The second-order valence-corrected chi connectivity index (χ2v) is 3.84. The number of amides is 2. The third kappa shape index (κ3) is 4.14. The number of nitrogens with two attached hydrogens (primary N) is 1. The summed E-state index contributed by atoms with van der Waals surface area (Å²) in [6.07, 6.45) is 0. The van der Waals surface area contributed by atoms with Crippen molar-refractivity contribution in [2.75, 3.05) is 20.1 Å². The summed E-state index contributed by atoms with van der Waals surface area (Å²) in [5, 5.41) is 2.38. The van der Waals surface area contributed by atoms with Crippen LogP contribution in [0, 0.1) is 5.82 Å². The lowest BCUT2D eigenvalue weighted by atomic mass is 10.2. The molecule has 0 aliphatic heterocycles. The van der Waals surface area contributed by atoms with Crippen LogP contribution in [0.15, 0.2) is 24.3 Å². The summed E-state index contributed by atoms with van der Waals surface area (Å²) in [4.78, 5) is 24.2. The molecule has 0 unspecified atom stereocenters. The molecule has 98 valence electrons. The van der Waals surface area contributed by atoms with Crippen LogP contribution in [-0.2, 0) is 16.1 Å². The Hall–Kier alpha value is -1.95. The lowest BCUT2D eigenvalue weighted by molar-refractivity contribution is -0.145. The number of carbonyl (C=O) groups excluding carboxylic acids is 2. The molecule has 18 heavy (non-hydrogen) atoms. The Bertz CT molecular complexity index is 437. The molecule has 0 fully saturated rings. The molecule has 1 rings (SSSR count). The number of nitrogens with zero attached hydrogens (tertiary/aromatic N) is 1. The van der Waals surface area contributed by atoms with Gasteiger partial charge >= 0.3 is 11.8 Å². The van der Waals surface area contributed by atoms with Crippen molar-refractivity contribution >= 4 is 11.8 Å². The van der Waals surface area contributed by atoms with E-state index in [1.165, 1.54) is 24.1 Å². The first-order valence-corrected chi connectivity index (χ1v) is 5.52. The molecule has 0 saturated heterocycles. The van der Waals surface area contributed by atoms with Gasteiger partial charge in [-0.25, -0.2) is 4.39 Å². The molecule has 2 amide bonds. The van der Waals surface area contributed by atoms with Gasteiger partial charge in [0.15, 0.2) is 0 Å². The molecule has 0 atom stereocenters. The summed E-state index contributed by atoms with van der Waals surface area (Å²) in [7, 11) is 1.48. The van der Waals surface area contributed by atoms with Crippen molar-refractivity contribution in [1.29, 1.82) is 0 Å². The number of benzene rings is 1.